The smallest absolute Gasteiger partial charge is 0.222 e. The van der Waals surface area contributed by atoms with Crippen LogP contribution in [0.5, 0.6) is 0 Å². The van der Waals surface area contributed by atoms with Gasteiger partial charge in [0.1, 0.15) is 0 Å². The van der Waals surface area contributed by atoms with E-state index in [1.807, 2.05) is 6.92 Å². The molecule has 17 heavy (non-hydrogen) atoms. The van der Waals surface area contributed by atoms with Crippen molar-refractivity contribution >= 4 is 5.91 Å². The highest BCUT2D eigenvalue weighted by Crippen LogP contribution is 2.34. The maximum Gasteiger partial charge on any atom is 0.222 e. The minimum absolute atomic E-state index is 0.181. The molecule has 2 aliphatic rings. The summed E-state index contributed by atoms with van der Waals surface area (Å²) >= 11 is 0. The summed E-state index contributed by atoms with van der Waals surface area (Å²) in [5.74, 6) is 0.604. The Balaban J connectivity index is 2.06. The standard InChI is InChI=1S/C14H25NO2/c1-2-14(17)15-10-6-5-8-12(15)11-7-3-4-9-13(11)16/h11-13,16H,2-10H2,1H3. The van der Waals surface area contributed by atoms with E-state index < -0.39 is 0 Å². The van der Waals surface area contributed by atoms with E-state index in [1.165, 1.54) is 12.8 Å². The molecule has 1 saturated heterocycles. The van der Waals surface area contributed by atoms with E-state index in [0.29, 0.717) is 18.4 Å². The van der Waals surface area contributed by atoms with Crippen LogP contribution in [0.4, 0.5) is 0 Å². The zero-order chi connectivity index (χ0) is 12.3. The van der Waals surface area contributed by atoms with Crippen LogP contribution in [0.25, 0.3) is 0 Å². The first-order chi connectivity index (χ1) is 8.24. The van der Waals surface area contributed by atoms with Crippen molar-refractivity contribution in [1.82, 2.24) is 4.90 Å². The van der Waals surface area contributed by atoms with Crippen LogP contribution in [-0.4, -0.2) is 34.6 Å². The molecule has 1 aliphatic carbocycles. The van der Waals surface area contributed by atoms with Crippen molar-refractivity contribution in [3.05, 3.63) is 0 Å². The monoisotopic (exact) mass is 239 g/mol. The van der Waals surface area contributed by atoms with Crippen LogP contribution in [0.2, 0.25) is 0 Å². The molecule has 3 nitrogen and oxygen atoms in total. The second-order valence-electron chi connectivity index (χ2n) is 5.52. The summed E-state index contributed by atoms with van der Waals surface area (Å²) in [6.07, 6.45) is 8.23. The zero-order valence-electron chi connectivity index (χ0n) is 10.9. The second-order valence-corrected chi connectivity index (χ2v) is 5.52. The third-order valence-corrected chi connectivity index (χ3v) is 4.45. The van der Waals surface area contributed by atoms with Gasteiger partial charge in [0.15, 0.2) is 0 Å². The van der Waals surface area contributed by atoms with Crippen molar-refractivity contribution in [2.75, 3.05) is 6.54 Å². The summed E-state index contributed by atoms with van der Waals surface area (Å²) in [5, 5.41) is 10.2. The predicted octanol–water partition coefficient (Wildman–Crippen LogP) is 2.33. The molecule has 0 spiro atoms. The largest absolute Gasteiger partial charge is 0.393 e. The van der Waals surface area contributed by atoms with Crippen LogP contribution < -0.4 is 0 Å². The van der Waals surface area contributed by atoms with E-state index >= 15 is 0 Å². The molecule has 1 saturated carbocycles. The summed E-state index contributed by atoms with van der Waals surface area (Å²) in [7, 11) is 0. The Morgan fingerprint density at radius 3 is 2.59 bits per heavy atom. The fourth-order valence-corrected chi connectivity index (χ4v) is 3.50. The van der Waals surface area contributed by atoms with Crippen LogP contribution in [-0.2, 0) is 4.79 Å². The lowest BCUT2D eigenvalue weighted by Crippen LogP contribution is -2.51. The molecule has 1 aliphatic heterocycles. The minimum Gasteiger partial charge on any atom is -0.393 e. The number of aliphatic hydroxyl groups is 1. The van der Waals surface area contributed by atoms with Crippen molar-refractivity contribution in [3.63, 3.8) is 0 Å². The lowest BCUT2D eigenvalue weighted by Gasteiger charge is -2.43. The van der Waals surface area contributed by atoms with Gasteiger partial charge in [0.05, 0.1) is 6.10 Å². The molecule has 0 aromatic rings. The number of aliphatic hydroxyl groups excluding tert-OH is 1. The predicted molar refractivity (Wildman–Crippen MR) is 67.6 cm³/mol. The first kappa shape index (κ1) is 12.9. The molecule has 2 fully saturated rings. The number of hydrogen-bond acceptors (Lipinski definition) is 2. The van der Waals surface area contributed by atoms with Gasteiger partial charge >= 0.3 is 0 Å². The van der Waals surface area contributed by atoms with Crippen LogP contribution in [0.3, 0.4) is 0 Å². The number of rotatable bonds is 2. The Hall–Kier alpha value is -0.570. The highest BCUT2D eigenvalue weighted by Gasteiger charge is 2.36. The van der Waals surface area contributed by atoms with E-state index in [9.17, 15) is 9.90 Å². The first-order valence-corrected chi connectivity index (χ1v) is 7.21. The highest BCUT2D eigenvalue weighted by molar-refractivity contribution is 5.76. The van der Waals surface area contributed by atoms with Crippen LogP contribution in [0, 0.1) is 5.92 Å². The van der Waals surface area contributed by atoms with Crippen molar-refractivity contribution in [3.8, 4) is 0 Å². The Morgan fingerprint density at radius 2 is 1.88 bits per heavy atom. The van der Waals surface area contributed by atoms with Crippen molar-refractivity contribution in [1.29, 1.82) is 0 Å². The Labute approximate surface area is 104 Å². The maximum atomic E-state index is 12.0. The van der Waals surface area contributed by atoms with Crippen molar-refractivity contribution < 1.29 is 9.90 Å². The summed E-state index contributed by atoms with van der Waals surface area (Å²) in [6, 6.07) is 0.312. The summed E-state index contributed by atoms with van der Waals surface area (Å²) in [5.41, 5.74) is 0. The number of likely N-dealkylation sites (tertiary alicyclic amines) is 1. The van der Waals surface area contributed by atoms with Crippen LogP contribution >= 0.6 is 0 Å². The van der Waals surface area contributed by atoms with Crippen LogP contribution in [0.15, 0.2) is 0 Å². The van der Waals surface area contributed by atoms with E-state index in [4.69, 9.17) is 0 Å². The van der Waals surface area contributed by atoms with Crippen LogP contribution in [0.1, 0.15) is 58.3 Å². The minimum atomic E-state index is -0.181. The Bertz CT molecular complexity index is 267. The number of amides is 1. The molecule has 3 heteroatoms. The number of hydrogen-bond donors (Lipinski definition) is 1. The normalized spacial score (nSPS) is 34.7. The van der Waals surface area contributed by atoms with E-state index in [-0.39, 0.29) is 12.0 Å². The molecular formula is C14H25NO2. The summed E-state index contributed by atoms with van der Waals surface area (Å²) in [6.45, 7) is 2.84. The van der Waals surface area contributed by atoms with E-state index in [2.05, 4.69) is 4.90 Å². The molecule has 0 radical (unpaired) electrons. The number of piperidine rings is 1. The molecule has 2 rings (SSSR count). The Morgan fingerprint density at radius 1 is 1.18 bits per heavy atom. The van der Waals surface area contributed by atoms with Gasteiger partial charge < -0.3 is 10.0 Å². The third-order valence-electron chi connectivity index (χ3n) is 4.45. The fourth-order valence-electron chi connectivity index (χ4n) is 3.50. The van der Waals surface area contributed by atoms with E-state index in [0.717, 1.165) is 38.6 Å². The Kier molecular flexibility index (Phi) is 4.43. The second kappa shape index (κ2) is 5.85. The third kappa shape index (κ3) is 2.82. The number of carbonyl (C=O) groups excluding carboxylic acids is 1. The topological polar surface area (TPSA) is 40.5 Å². The zero-order valence-corrected chi connectivity index (χ0v) is 10.9. The average molecular weight is 239 g/mol. The van der Waals surface area contributed by atoms with Crippen molar-refractivity contribution in [2.45, 2.75) is 70.4 Å². The molecule has 0 aromatic heterocycles. The first-order valence-electron chi connectivity index (χ1n) is 7.21. The summed E-state index contributed by atoms with van der Waals surface area (Å²) in [4.78, 5) is 14.0. The van der Waals surface area contributed by atoms with E-state index in [1.54, 1.807) is 0 Å². The van der Waals surface area contributed by atoms with Gasteiger partial charge in [-0.2, -0.15) is 0 Å². The van der Waals surface area contributed by atoms with Gasteiger partial charge in [-0.15, -0.1) is 0 Å². The average Bonchev–Trinajstić information content (AvgIpc) is 2.38. The molecule has 98 valence electrons. The molecule has 0 aromatic carbocycles. The molecular weight excluding hydrogens is 214 g/mol. The van der Waals surface area contributed by atoms with Gasteiger partial charge in [-0.3, -0.25) is 4.79 Å². The molecule has 0 bridgehead atoms. The molecule has 3 atom stereocenters. The number of nitrogens with zero attached hydrogens (tertiary/aromatic N) is 1. The maximum absolute atomic E-state index is 12.0. The number of carbonyl (C=O) groups is 1. The lowest BCUT2D eigenvalue weighted by molar-refractivity contribution is -0.137. The summed E-state index contributed by atoms with van der Waals surface area (Å²) < 4.78 is 0. The highest BCUT2D eigenvalue weighted by atomic mass is 16.3. The van der Waals surface area contributed by atoms with Gasteiger partial charge in [-0.1, -0.05) is 19.8 Å². The lowest BCUT2D eigenvalue weighted by atomic mass is 9.78. The SMILES string of the molecule is CCC(=O)N1CCCCC1C1CCCCC1O. The van der Waals surface area contributed by atoms with Gasteiger partial charge in [0, 0.05) is 24.9 Å². The van der Waals surface area contributed by atoms with Gasteiger partial charge in [-0.05, 0) is 32.1 Å². The fraction of sp³-hybridized carbons (Fsp3) is 0.929. The van der Waals surface area contributed by atoms with Gasteiger partial charge in [0.2, 0.25) is 5.91 Å². The molecule has 1 N–H and O–H groups in total. The quantitative estimate of drug-likeness (QED) is 0.803. The van der Waals surface area contributed by atoms with Gasteiger partial charge in [0.25, 0.3) is 0 Å². The van der Waals surface area contributed by atoms with Gasteiger partial charge in [-0.25, -0.2) is 0 Å². The van der Waals surface area contributed by atoms with Crippen molar-refractivity contribution in [2.24, 2.45) is 5.92 Å². The molecule has 1 heterocycles. The molecule has 3 unspecified atom stereocenters. The molecule has 1 amide bonds.